The van der Waals surface area contributed by atoms with Crippen LogP contribution in [0.1, 0.15) is 30.5 Å². The third-order valence-corrected chi connectivity index (χ3v) is 2.39. The Morgan fingerprint density at radius 2 is 1.69 bits per heavy atom. The second-order valence-corrected chi connectivity index (χ2v) is 3.10. The van der Waals surface area contributed by atoms with Crippen LogP contribution in [0.3, 0.4) is 0 Å². The maximum atomic E-state index is 8.71. The molecule has 0 aromatic heterocycles. The van der Waals surface area contributed by atoms with E-state index in [4.69, 9.17) is 5.21 Å². The Balaban J connectivity index is 3.05. The van der Waals surface area contributed by atoms with Crippen molar-refractivity contribution in [2.45, 2.75) is 33.2 Å². The highest BCUT2D eigenvalue weighted by Crippen LogP contribution is 2.15. The molecule has 0 saturated heterocycles. The lowest BCUT2D eigenvalue weighted by atomic mass is 9.98. The average molecular weight is 179 g/mol. The van der Waals surface area contributed by atoms with E-state index in [1.807, 2.05) is 0 Å². The normalized spacial score (nSPS) is 10.4. The van der Waals surface area contributed by atoms with E-state index in [1.165, 1.54) is 16.7 Å². The first kappa shape index (κ1) is 10.2. The zero-order valence-electron chi connectivity index (χ0n) is 8.30. The summed E-state index contributed by atoms with van der Waals surface area (Å²) in [6.45, 7) is 4.82. The number of nitrogens with one attached hydrogen (secondary N) is 1. The molecule has 0 fully saturated rings. The van der Waals surface area contributed by atoms with Gasteiger partial charge in [-0.15, -0.1) is 0 Å². The summed E-state index contributed by atoms with van der Waals surface area (Å²) in [6, 6.07) is 6.32. The van der Waals surface area contributed by atoms with E-state index in [0.717, 1.165) is 12.8 Å². The lowest BCUT2D eigenvalue weighted by molar-refractivity contribution is 0.160. The second-order valence-electron chi connectivity index (χ2n) is 3.10. The lowest BCUT2D eigenvalue weighted by Crippen LogP contribution is -2.10. The standard InChI is InChI=1S/C11H17NO/c1-3-9-6-5-7-10(4-2)11(9)8-12-13/h5-7,12-13H,3-4,8H2,1-2H3. The van der Waals surface area contributed by atoms with Crippen LogP contribution in [0, 0.1) is 0 Å². The molecule has 0 spiro atoms. The summed E-state index contributed by atoms with van der Waals surface area (Å²) in [6.07, 6.45) is 2.04. The largest absolute Gasteiger partial charge is 0.316 e. The van der Waals surface area contributed by atoms with Gasteiger partial charge in [-0.1, -0.05) is 32.0 Å². The quantitative estimate of drug-likeness (QED) is 0.695. The maximum Gasteiger partial charge on any atom is 0.0463 e. The molecule has 1 rings (SSSR count). The molecule has 2 nitrogen and oxygen atoms in total. The minimum atomic E-state index is 0.549. The summed E-state index contributed by atoms with van der Waals surface area (Å²) >= 11 is 0. The molecule has 0 aliphatic rings. The molecule has 0 aliphatic carbocycles. The van der Waals surface area contributed by atoms with Gasteiger partial charge in [0.05, 0.1) is 0 Å². The third-order valence-electron chi connectivity index (χ3n) is 2.39. The summed E-state index contributed by atoms with van der Waals surface area (Å²) in [5.74, 6) is 0. The van der Waals surface area contributed by atoms with Gasteiger partial charge in [0.25, 0.3) is 0 Å². The van der Waals surface area contributed by atoms with E-state index in [-0.39, 0.29) is 0 Å². The zero-order valence-corrected chi connectivity index (χ0v) is 8.30. The molecule has 0 radical (unpaired) electrons. The van der Waals surface area contributed by atoms with Gasteiger partial charge in [0, 0.05) is 6.54 Å². The van der Waals surface area contributed by atoms with Gasteiger partial charge < -0.3 is 5.21 Å². The number of rotatable bonds is 4. The number of hydrogen-bond acceptors (Lipinski definition) is 2. The van der Waals surface area contributed by atoms with Crippen LogP contribution in [0.2, 0.25) is 0 Å². The first-order chi connectivity index (χ1) is 6.33. The fourth-order valence-corrected chi connectivity index (χ4v) is 1.66. The highest BCUT2D eigenvalue weighted by atomic mass is 16.5. The van der Waals surface area contributed by atoms with Crippen LogP contribution in [-0.2, 0) is 19.4 Å². The Morgan fingerprint density at radius 3 is 2.08 bits per heavy atom. The molecule has 1 aromatic rings. The Morgan fingerprint density at radius 1 is 1.15 bits per heavy atom. The van der Waals surface area contributed by atoms with E-state index < -0.39 is 0 Å². The van der Waals surface area contributed by atoms with Crippen LogP contribution in [0.25, 0.3) is 0 Å². The van der Waals surface area contributed by atoms with E-state index in [1.54, 1.807) is 0 Å². The first-order valence-electron chi connectivity index (χ1n) is 4.80. The van der Waals surface area contributed by atoms with Crippen molar-refractivity contribution < 1.29 is 5.21 Å². The van der Waals surface area contributed by atoms with Crippen LogP contribution in [0.15, 0.2) is 18.2 Å². The molecule has 0 saturated carbocycles. The number of hydrogen-bond donors (Lipinski definition) is 2. The molecule has 0 unspecified atom stereocenters. The Kier molecular flexibility index (Phi) is 3.93. The summed E-state index contributed by atoms with van der Waals surface area (Å²) in [7, 11) is 0. The average Bonchev–Trinajstić information content (AvgIpc) is 2.18. The van der Waals surface area contributed by atoms with Crippen molar-refractivity contribution in [1.82, 2.24) is 5.48 Å². The predicted octanol–water partition coefficient (Wildman–Crippen LogP) is 2.29. The van der Waals surface area contributed by atoms with Crippen molar-refractivity contribution in [3.63, 3.8) is 0 Å². The number of benzene rings is 1. The molecule has 0 aliphatic heterocycles. The zero-order chi connectivity index (χ0) is 9.68. The molecule has 2 heteroatoms. The summed E-state index contributed by atoms with van der Waals surface area (Å²) in [5, 5.41) is 8.71. The van der Waals surface area contributed by atoms with Gasteiger partial charge in [-0.05, 0) is 29.5 Å². The van der Waals surface area contributed by atoms with Crippen LogP contribution < -0.4 is 5.48 Å². The topological polar surface area (TPSA) is 32.3 Å². The van der Waals surface area contributed by atoms with E-state index >= 15 is 0 Å². The van der Waals surface area contributed by atoms with Gasteiger partial charge >= 0.3 is 0 Å². The van der Waals surface area contributed by atoms with Gasteiger partial charge in [0.2, 0.25) is 0 Å². The molecule has 0 bridgehead atoms. The Bertz CT molecular complexity index is 249. The van der Waals surface area contributed by atoms with Crippen LogP contribution >= 0.6 is 0 Å². The van der Waals surface area contributed by atoms with E-state index in [2.05, 4.69) is 37.5 Å². The predicted molar refractivity (Wildman–Crippen MR) is 53.8 cm³/mol. The van der Waals surface area contributed by atoms with Gasteiger partial charge in [0.15, 0.2) is 0 Å². The van der Waals surface area contributed by atoms with E-state index in [9.17, 15) is 0 Å². The molecule has 0 amide bonds. The van der Waals surface area contributed by atoms with Crippen molar-refractivity contribution in [3.8, 4) is 0 Å². The molecule has 13 heavy (non-hydrogen) atoms. The fourth-order valence-electron chi connectivity index (χ4n) is 1.66. The van der Waals surface area contributed by atoms with Gasteiger partial charge in [-0.3, -0.25) is 0 Å². The van der Waals surface area contributed by atoms with Crippen molar-refractivity contribution >= 4 is 0 Å². The maximum absolute atomic E-state index is 8.71. The number of hydroxylamine groups is 1. The van der Waals surface area contributed by atoms with Gasteiger partial charge in [-0.25, -0.2) is 5.48 Å². The summed E-state index contributed by atoms with van der Waals surface area (Å²) < 4.78 is 0. The highest BCUT2D eigenvalue weighted by molar-refractivity contribution is 5.35. The van der Waals surface area contributed by atoms with Crippen LogP contribution in [-0.4, -0.2) is 5.21 Å². The molecule has 2 N–H and O–H groups in total. The van der Waals surface area contributed by atoms with Crippen LogP contribution in [0.5, 0.6) is 0 Å². The minimum absolute atomic E-state index is 0.549. The monoisotopic (exact) mass is 179 g/mol. The van der Waals surface area contributed by atoms with Gasteiger partial charge in [-0.2, -0.15) is 0 Å². The molecule has 0 atom stereocenters. The Hall–Kier alpha value is -0.860. The highest BCUT2D eigenvalue weighted by Gasteiger charge is 2.04. The summed E-state index contributed by atoms with van der Waals surface area (Å²) in [5.41, 5.74) is 6.12. The number of aryl methyl sites for hydroxylation is 2. The SMILES string of the molecule is CCc1cccc(CC)c1CNO. The van der Waals surface area contributed by atoms with Crippen LogP contribution in [0.4, 0.5) is 0 Å². The molecule has 1 aromatic carbocycles. The first-order valence-corrected chi connectivity index (χ1v) is 4.80. The van der Waals surface area contributed by atoms with Crippen molar-refractivity contribution in [3.05, 3.63) is 34.9 Å². The van der Waals surface area contributed by atoms with Crippen molar-refractivity contribution in [1.29, 1.82) is 0 Å². The Labute approximate surface area is 79.6 Å². The second kappa shape index (κ2) is 5.00. The van der Waals surface area contributed by atoms with Crippen molar-refractivity contribution in [2.24, 2.45) is 0 Å². The third kappa shape index (κ3) is 2.29. The summed E-state index contributed by atoms with van der Waals surface area (Å²) in [4.78, 5) is 0. The molecule has 0 heterocycles. The fraction of sp³-hybridized carbons (Fsp3) is 0.455. The minimum Gasteiger partial charge on any atom is -0.316 e. The molecule has 72 valence electrons. The molecular weight excluding hydrogens is 162 g/mol. The lowest BCUT2D eigenvalue weighted by Gasteiger charge is -2.11. The smallest absolute Gasteiger partial charge is 0.0463 e. The molecular formula is C11H17NO. The van der Waals surface area contributed by atoms with Gasteiger partial charge in [0.1, 0.15) is 0 Å². The van der Waals surface area contributed by atoms with E-state index in [0.29, 0.717) is 6.54 Å². The van der Waals surface area contributed by atoms with Crippen molar-refractivity contribution in [2.75, 3.05) is 0 Å².